The molecule has 0 aliphatic rings. The van der Waals surface area contributed by atoms with Crippen molar-refractivity contribution in [2.75, 3.05) is 0 Å². The second-order valence-electron chi connectivity index (χ2n) is 0. The van der Waals surface area contributed by atoms with Crippen LogP contribution in [0.1, 0.15) is 0 Å². The Bertz CT molecular complexity index is 7.61. The molecule has 0 saturated carbocycles. The van der Waals surface area contributed by atoms with E-state index >= 15 is 0 Å². The maximum absolute atomic E-state index is 0. The summed E-state index contributed by atoms with van der Waals surface area (Å²) in [5.41, 5.74) is 0. The van der Waals surface area contributed by atoms with Gasteiger partial charge in [-0.1, -0.05) is 0 Å². The molecule has 0 bridgehead atoms. The average Bonchev–Trinajstić information content (AvgIpc) is 0. The minimum Gasteiger partial charge on any atom is -2.00 e. The third-order valence-corrected chi connectivity index (χ3v) is 0. The summed E-state index contributed by atoms with van der Waals surface area (Å²) >= 11 is 0. The van der Waals surface area contributed by atoms with Gasteiger partial charge in [0.15, 0.2) is 0 Å². The fraction of sp³-hybridized carbons (Fsp3) is 0. The van der Waals surface area contributed by atoms with E-state index < -0.39 is 0 Å². The smallest absolute Gasteiger partial charge is 1.00 e. The van der Waals surface area contributed by atoms with Gasteiger partial charge in [-0.2, -0.15) is 0 Å². The quantitative estimate of drug-likeness (QED) is 0.305. The van der Waals surface area contributed by atoms with Crippen LogP contribution in [0.3, 0.4) is 0 Å². The van der Waals surface area contributed by atoms with Crippen molar-refractivity contribution in [3.63, 3.8) is 0 Å². The van der Waals surface area contributed by atoms with Crippen LogP contribution >= 0.6 is 0 Å². The molecule has 0 spiro atoms. The molecule has 0 amide bonds. The van der Waals surface area contributed by atoms with Crippen molar-refractivity contribution in [3.8, 4) is 0 Å². The Morgan fingerprint density at radius 2 is 0.600 bits per heavy atom. The maximum Gasteiger partial charge on any atom is 1.00 e. The van der Waals surface area contributed by atoms with Crippen LogP contribution < -0.4 is 103 Å². The van der Waals surface area contributed by atoms with Gasteiger partial charge in [0.2, 0.25) is 0 Å². The summed E-state index contributed by atoms with van der Waals surface area (Å²) in [6.45, 7) is 0. The van der Waals surface area contributed by atoms with Gasteiger partial charge in [0.05, 0.1) is 0 Å². The van der Waals surface area contributed by atoms with E-state index in [9.17, 15) is 0 Å². The van der Waals surface area contributed by atoms with Crippen molar-refractivity contribution in [3.05, 3.63) is 0 Å². The minimum atomic E-state index is 0. The van der Waals surface area contributed by atoms with Gasteiger partial charge in [-0.05, 0) is 0 Å². The van der Waals surface area contributed by atoms with Crippen LogP contribution in [-0.2, 0) is 13.5 Å². The normalized spacial score (nSPS) is 0. The Morgan fingerprint density at radius 1 is 0.600 bits per heavy atom. The topological polar surface area (TPSA) is 63.0 Å². The molecule has 0 heterocycles. The molecule has 2 nitrogen and oxygen atoms in total. The van der Waals surface area contributed by atoms with E-state index in [1.54, 1.807) is 0 Å². The number of hydrogen-bond acceptors (Lipinski definition) is 0. The zero-order chi connectivity index (χ0) is 0. The SMILES string of the molecule is O.O.[K+].[K+].[S-2]. The van der Waals surface area contributed by atoms with E-state index in [-0.39, 0.29) is 127 Å². The van der Waals surface area contributed by atoms with Gasteiger partial charge in [-0.3, -0.25) is 0 Å². The molecule has 0 atom stereocenters. The first kappa shape index (κ1) is 38.7. The van der Waals surface area contributed by atoms with Gasteiger partial charge in [-0.15, -0.1) is 0 Å². The first-order valence-corrected chi connectivity index (χ1v) is 0. The Hall–Kier alpha value is 3.54. The monoisotopic (exact) mass is 146 g/mol. The summed E-state index contributed by atoms with van der Waals surface area (Å²) in [5.74, 6) is 0. The van der Waals surface area contributed by atoms with Crippen molar-refractivity contribution in [2.45, 2.75) is 0 Å². The predicted molar refractivity (Wildman–Crippen MR) is 14.6 cm³/mol. The standard InChI is InChI=1S/2K.2H2O.S/h;;2*1H2;/q2*+1;;;-2. The molecule has 5 heavy (non-hydrogen) atoms. The molecular formula is H4K2O2S. The molecule has 0 aromatic rings. The summed E-state index contributed by atoms with van der Waals surface area (Å²) in [6.07, 6.45) is 0. The summed E-state index contributed by atoms with van der Waals surface area (Å²) in [4.78, 5) is 0. The van der Waals surface area contributed by atoms with Crippen LogP contribution in [0.2, 0.25) is 0 Å². The molecule has 0 aromatic carbocycles. The summed E-state index contributed by atoms with van der Waals surface area (Å²) in [7, 11) is 0. The molecule has 5 heteroatoms. The first-order chi connectivity index (χ1) is 0. The number of rotatable bonds is 0. The molecule has 4 N–H and O–H groups in total. The van der Waals surface area contributed by atoms with Crippen LogP contribution in [0.5, 0.6) is 0 Å². The van der Waals surface area contributed by atoms with E-state index in [0.717, 1.165) is 0 Å². The van der Waals surface area contributed by atoms with Gasteiger partial charge >= 0.3 is 103 Å². The van der Waals surface area contributed by atoms with Gasteiger partial charge in [-0.25, -0.2) is 0 Å². The Balaban J connectivity index is 0. The van der Waals surface area contributed by atoms with E-state index in [1.165, 1.54) is 0 Å². The molecule has 0 fully saturated rings. The van der Waals surface area contributed by atoms with Crippen LogP contribution in [0.25, 0.3) is 0 Å². The minimum absolute atomic E-state index is 0. The molecule has 0 aliphatic carbocycles. The average molecular weight is 146 g/mol. The zero-order valence-corrected chi connectivity index (χ0v) is 10.5. The van der Waals surface area contributed by atoms with E-state index in [2.05, 4.69) is 0 Å². The largest absolute Gasteiger partial charge is 2.00 e. The van der Waals surface area contributed by atoms with Crippen molar-refractivity contribution in [1.82, 2.24) is 0 Å². The molecular weight excluding hydrogens is 142 g/mol. The third-order valence-electron chi connectivity index (χ3n) is 0. The van der Waals surface area contributed by atoms with Crippen LogP contribution in [-0.4, -0.2) is 11.0 Å². The summed E-state index contributed by atoms with van der Waals surface area (Å²) < 4.78 is 0. The predicted octanol–water partition coefficient (Wildman–Crippen LogP) is -7.64. The Morgan fingerprint density at radius 3 is 0.600 bits per heavy atom. The molecule has 0 rings (SSSR count). The third kappa shape index (κ3) is 18.5. The van der Waals surface area contributed by atoms with E-state index in [0.29, 0.717) is 0 Å². The molecule has 0 saturated heterocycles. The first-order valence-electron chi connectivity index (χ1n) is 0. The number of hydrogen-bond donors (Lipinski definition) is 0. The Labute approximate surface area is 123 Å². The zero-order valence-electron chi connectivity index (χ0n) is 3.41. The fourth-order valence-electron chi connectivity index (χ4n) is 0. The molecule has 0 aromatic heterocycles. The van der Waals surface area contributed by atoms with Crippen LogP contribution in [0.15, 0.2) is 0 Å². The molecule has 24 valence electrons. The van der Waals surface area contributed by atoms with Crippen LogP contribution in [0.4, 0.5) is 0 Å². The molecule has 0 unspecified atom stereocenters. The van der Waals surface area contributed by atoms with Gasteiger partial charge in [0, 0.05) is 0 Å². The fourth-order valence-corrected chi connectivity index (χ4v) is 0. The van der Waals surface area contributed by atoms with Crippen molar-refractivity contribution in [2.24, 2.45) is 0 Å². The van der Waals surface area contributed by atoms with Gasteiger partial charge in [0.1, 0.15) is 0 Å². The molecule has 0 aliphatic heterocycles. The maximum atomic E-state index is 0. The van der Waals surface area contributed by atoms with Crippen molar-refractivity contribution >= 4 is 13.5 Å². The molecule has 0 radical (unpaired) electrons. The van der Waals surface area contributed by atoms with E-state index in [1.807, 2.05) is 0 Å². The second-order valence-corrected chi connectivity index (χ2v) is 0. The van der Waals surface area contributed by atoms with Gasteiger partial charge in [0.25, 0.3) is 0 Å². The van der Waals surface area contributed by atoms with Crippen LogP contribution in [0, 0.1) is 0 Å². The summed E-state index contributed by atoms with van der Waals surface area (Å²) in [5, 5.41) is 0. The summed E-state index contributed by atoms with van der Waals surface area (Å²) in [6, 6.07) is 0. The van der Waals surface area contributed by atoms with Crippen molar-refractivity contribution in [1.29, 1.82) is 0 Å². The Kier molecular flexibility index (Phi) is 199. The van der Waals surface area contributed by atoms with E-state index in [4.69, 9.17) is 0 Å². The second kappa shape index (κ2) is 25.7. The van der Waals surface area contributed by atoms with Crippen molar-refractivity contribution < 1.29 is 114 Å². The van der Waals surface area contributed by atoms with Gasteiger partial charge < -0.3 is 24.4 Å².